The van der Waals surface area contributed by atoms with Crippen LogP contribution in [0.15, 0.2) is 18.2 Å². The van der Waals surface area contributed by atoms with Crippen LogP contribution in [0, 0.1) is 12.3 Å². The van der Waals surface area contributed by atoms with Crippen molar-refractivity contribution in [2.45, 2.75) is 6.61 Å². The van der Waals surface area contributed by atoms with E-state index in [1.165, 1.54) is 0 Å². The van der Waals surface area contributed by atoms with Gasteiger partial charge in [0, 0.05) is 5.56 Å². The first-order valence-corrected chi connectivity index (χ1v) is 4.54. The molecule has 0 aliphatic rings. The molecule has 1 aromatic rings. The molecule has 0 radical (unpaired) electrons. The third-order valence-corrected chi connectivity index (χ3v) is 1.93. The van der Waals surface area contributed by atoms with Crippen molar-refractivity contribution in [2.24, 2.45) is 0 Å². The molecule has 3 heteroatoms. The maximum Gasteiger partial charge on any atom is 0.166 e. The van der Waals surface area contributed by atoms with Gasteiger partial charge in [-0.15, -0.1) is 6.42 Å². The molecule has 3 nitrogen and oxygen atoms in total. The Morgan fingerprint density at radius 2 is 2.07 bits per heavy atom. The molecule has 0 saturated carbocycles. The lowest BCUT2D eigenvalue weighted by Crippen LogP contribution is -1.98. The Morgan fingerprint density at radius 1 is 1.27 bits per heavy atom. The smallest absolute Gasteiger partial charge is 0.166 e. The van der Waals surface area contributed by atoms with Gasteiger partial charge in [-0.1, -0.05) is 18.1 Å². The highest BCUT2D eigenvalue weighted by Gasteiger charge is 2.08. The molecule has 1 aromatic carbocycles. The van der Waals surface area contributed by atoms with E-state index in [2.05, 4.69) is 5.92 Å². The zero-order valence-corrected chi connectivity index (χ0v) is 8.95. The molecule has 1 rings (SSSR count). The quantitative estimate of drug-likeness (QED) is 0.543. The molecule has 0 unspecified atom stereocenters. The summed E-state index contributed by atoms with van der Waals surface area (Å²) < 4.78 is 15.6. The largest absolute Gasteiger partial charge is 0.493 e. The molecule has 80 valence electrons. The molecule has 0 spiro atoms. The lowest BCUT2D eigenvalue weighted by atomic mass is 10.2. The van der Waals surface area contributed by atoms with Gasteiger partial charge in [0.25, 0.3) is 0 Å². The van der Waals surface area contributed by atoms with Gasteiger partial charge in [-0.3, -0.25) is 0 Å². The Bertz CT molecular complexity index is 352. The summed E-state index contributed by atoms with van der Waals surface area (Å²) in [5.41, 5.74) is 0.923. The van der Waals surface area contributed by atoms with Crippen LogP contribution in [0.2, 0.25) is 0 Å². The summed E-state index contributed by atoms with van der Waals surface area (Å²) in [6.45, 7) is 0.713. The van der Waals surface area contributed by atoms with E-state index in [4.69, 9.17) is 20.6 Å². The van der Waals surface area contributed by atoms with Crippen molar-refractivity contribution in [1.29, 1.82) is 0 Å². The molecule has 0 atom stereocenters. The fourth-order valence-electron chi connectivity index (χ4n) is 1.29. The van der Waals surface area contributed by atoms with Crippen molar-refractivity contribution in [3.05, 3.63) is 23.8 Å². The molecule has 0 N–H and O–H groups in total. The summed E-state index contributed by atoms with van der Waals surface area (Å²) in [5.74, 6) is 3.80. The van der Waals surface area contributed by atoms with E-state index in [9.17, 15) is 0 Å². The number of terminal acetylenes is 1. The molecular weight excluding hydrogens is 192 g/mol. The fraction of sp³-hybridized carbons (Fsp3) is 0.333. The zero-order valence-electron chi connectivity index (χ0n) is 8.95. The lowest BCUT2D eigenvalue weighted by Gasteiger charge is -2.11. The van der Waals surface area contributed by atoms with Gasteiger partial charge in [0.05, 0.1) is 20.8 Å². The normalized spacial score (nSPS) is 9.40. The second kappa shape index (κ2) is 5.94. The molecular formula is C12H14O3. The third kappa shape index (κ3) is 2.90. The van der Waals surface area contributed by atoms with Crippen LogP contribution in [0.25, 0.3) is 0 Å². The van der Waals surface area contributed by atoms with E-state index in [1.54, 1.807) is 14.2 Å². The number of hydrogen-bond donors (Lipinski definition) is 0. The molecule has 0 fully saturated rings. The Labute approximate surface area is 90.0 Å². The molecule has 0 aromatic heterocycles. The average molecular weight is 206 g/mol. The molecule has 0 saturated heterocycles. The van der Waals surface area contributed by atoms with Crippen LogP contribution in [-0.4, -0.2) is 20.8 Å². The monoisotopic (exact) mass is 206 g/mol. The van der Waals surface area contributed by atoms with Crippen molar-refractivity contribution in [3.63, 3.8) is 0 Å². The highest BCUT2D eigenvalue weighted by Crippen LogP contribution is 2.30. The van der Waals surface area contributed by atoms with Crippen LogP contribution in [0.1, 0.15) is 5.56 Å². The zero-order chi connectivity index (χ0) is 11.1. The molecule has 0 bridgehead atoms. The number of hydrogen-bond acceptors (Lipinski definition) is 3. The van der Waals surface area contributed by atoms with Crippen molar-refractivity contribution in [3.8, 4) is 23.8 Å². The van der Waals surface area contributed by atoms with E-state index >= 15 is 0 Å². The van der Waals surface area contributed by atoms with Crippen molar-refractivity contribution >= 4 is 0 Å². The second-order valence-corrected chi connectivity index (χ2v) is 2.85. The van der Waals surface area contributed by atoms with E-state index < -0.39 is 0 Å². The van der Waals surface area contributed by atoms with Crippen LogP contribution >= 0.6 is 0 Å². The van der Waals surface area contributed by atoms with Gasteiger partial charge in [-0.2, -0.15) is 0 Å². The maximum atomic E-state index is 5.24. The number of ether oxygens (including phenoxy) is 3. The van der Waals surface area contributed by atoms with E-state index in [0.29, 0.717) is 24.7 Å². The summed E-state index contributed by atoms with van der Waals surface area (Å²) in [5, 5.41) is 0. The van der Waals surface area contributed by atoms with Crippen LogP contribution in [0.4, 0.5) is 0 Å². The first-order chi connectivity index (χ1) is 7.33. The fourth-order valence-corrected chi connectivity index (χ4v) is 1.29. The molecule has 0 aliphatic carbocycles. The SMILES string of the molecule is C#CCOCc1cccc(OC)c1OC. The van der Waals surface area contributed by atoms with Gasteiger partial charge in [0.1, 0.15) is 6.61 Å². The van der Waals surface area contributed by atoms with Crippen LogP contribution in [0.5, 0.6) is 11.5 Å². The minimum atomic E-state index is 0.292. The topological polar surface area (TPSA) is 27.7 Å². The van der Waals surface area contributed by atoms with Crippen LogP contribution < -0.4 is 9.47 Å². The first kappa shape index (κ1) is 11.4. The van der Waals surface area contributed by atoms with Crippen molar-refractivity contribution in [2.75, 3.05) is 20.8 Å². The van der Waals surface area contributed by atoms with Crippen LogP contribution in [0.3, 0.4) is 0 Å². The van der Waals surface area contributed by atoms with E-state index in [1.807, 2.05) is 18.2 Å². The molecule has 0 aliphatic heterocycles. The van der Waals surface area contributed by atoms with Gasteiger partial charge in [-0.05, 0) is 6.07 Å². The number of benzene rings is 1. The minimum absolute atomic E-state index is 0.292. The molecule has 0 amide bonds. The van der Waals surface area contributed by atoms with Gasteiger partial charge >= 0.3 is 0 Å². The Morgan fingerprint density at radius 3 is 2.67 bits per heavy atom. The second-order valence-electron chi connectivity index (χ2n) is 2.85. The Balaban J connectivity index is 2.82. The van der Waals surface area contributed by atoms with Crippen molar-refractivity contribution in [1.82, 2.24) is 0 Å². The minimum Gasteiger partial charge on any atom is -0.493 e. The average Bonchev–Trinajstić information content (AvgIpc) is 2.29. The van der Waals surface area contributed by atoms with E-state index in [0.717, 1.165) is 5.56 Å². The predicted molar refractivity (Wildman–Crippen MR) is 58.0 cm³/mol. The number of para-hydroxylation sites is 1. The van der Waals surface area contributed by atoms with Gasteiger partial charge < -0.3 is 14.2 Å². The van der Waals surface area contributed by atoms with E-state index in [-0.39, 0.29) is 0 Å². The standard InChI is InChI=1S/C12H14O3/c1-4-8-15-9-10-6-5-7-11(13-2)12(10)14-3/h1,5-7H,8-9H2,2-3H3. The summed E-state index contributed by atoms with van der Waals surface area (Å²) in [4.78, 5) is 0. The number of rotatable bonds is 5. The summed E-state index contributed by atoms with van der Waals surface area (Å²) in [6, 6.07) is 5.64. The summed E-state index contributed by atoms with van der Waals surface area (Å²) in [7, 11) is 3.20. The maximum absolute atomic E-state index is 5.24. The predicted octanol–water partition coefficient (Wildman–Crippen LogP) is 1.85. The lowest BCUT2D eigenvalue weighted by molar-refractivity contribution is 0.150. The van der Waals surface area contributed by atoms with Gasteiger partial charge in [0.15, 0.2) is 11.5 Å². The Hall–Kier alpha value is -1.66. The first-order valence-electron chi connectivity index (χ1n) is 4.54. The van der Waals surface area contributed by atoms with Gasteiger partial charge in [0.2, 0.25) is 0 Å². The van der Waals surface area contributed by atoms with Crippen LogP contribution in [-0.2, 0) is 11.3 Å². The summed E-state index contributed by atoms with van der Waals surface area (Å²) >= 11 is 0. The third-order valence-electron chi connectivity index (χ3n) is 1.93. The number of methoxy groups -OCH3 is 2. The highest BCUT2D eigenvalue weighted by atomic mass is 16.5. The Kier molecular flexibility index (Phi) is 4.52. The summed E-state index contributed by atoms with van der Waals surface area (Å²) in [6.07, 6.45) is 5.09. The van der Waals surface area contributed by atoms with Crippen molar-refractivity contribution < 1.29 is 14.2 Å². The molecule has 0 heterocycles. The van der Waals surface area contributed by atoms with Gasteiger partial charge in [-0.25, -0.2) is 0 Å². The molecule has 15 heavy (non-hydrogen) atoms. The highest BCUT2D eigenvalue weighted by molar-refractivity contribution is 5.46.